The number of allylic oxidation sites excluding steroid dienone is 3. The minimum absolute atomic E-state index is 0.170. The Labute approximate surface area is 210 Å². The molecule has 0 amide bonds. The van der Waals surface area contributed by atoms with Gasteiger partial charge in [-0.1, -0.05) is 85.6 Å². The SMILES string of the molecule is C=C(CC)C(C)CC.CC/C=C(/C)c1ncc(-c2ccc(F)c(C)c2)cc1C.CCC(C)CC. The van der Waals surface area contributed by atoms with E-state index >= 15 is 0 Å². The highest BCUT2D eigenvalue weighted by Gasteiger charge is 2.07. The average Bonchev–Trinajstić information content (AvgIpc) is 2.84. The molecule has 2 rings (SSSR count). The highest BCUT2D eigenvalue weighted by atomic mass is 19.1. The molecule has 0 aliphatic heterocycles. The topological polar surface area (TPSA) is 12.9 Å². The predicted octanol–water partition coefficient (Wildman–Crippen LogP) is 10.8. The van der Waals surface area contributed by atoms with Crippen molar-refractivity contribution in [2.75, 3.05) is 0 Å². The zero-order chi connectivity index (χ0) is 26.3. The molecule has 1 aromatic carbocycles. The standard InChI is InChI=1S/C18H20FN.C8H16.C6H14/c1-5-6-12(2)18-14(4)10-16(11-20-18)15-7-8-17(19)13(3)9-15;1-5-7(3)8(4)6-2;1-4-6(3)5-2/h6-11H,5H2,1-4H3;8H,3,5-6H2,1-2,4H3;6H,4-5H2,1-3H3/b12-6-;;. The van der Waals surface area contributed by atoms with Crippen molar-refractivity contribution in [3.8, 4) is 11.1 Å². The summed E-state index contributed by atoms with van der Waals surface area (Å²) in [6.45, 7) is 25.3. The molecule has 0 bridgehead atoms. The maximum Gasteiger partial charge on any atom is 0.126 e. The third-order valence-corrected chi connectivity index (χ3v) is 6.61. The summed E-state index contributed by atoms with van der Waals surface area (Å²) in [6, 6.07) is 7.28. The monoisotopic (exact) mass is 467 g/mol. The maximum absolute atomic E-state index is 13.3. The molecule has 0 spiro atoms. The molecule has 0 aliphatic rings. The van der Waals surface area contributed by atoms with Gasteiger partial charge in [-0.2, -0.15) is 0 Å². The lowest BCUT2D eigenvalue weighted by molar-refractivity contribution is 0.544. The van der Waals surface area contributed by atoms with Crippen LogP contribution in [0.2, 0.25) is 0 Å². The summed E-state index contributed by atoms with van der Waals surface area (Å²) in [7, 11) is 0. The van der Waals surface area contributed by atoms with Gasteiger partial charge in [0.05, 0.1) is 5.69 Å². The predicted molar refractivity (Wildman–Crippen MR) is 152 cm³/mol. The van der Waals surface area contributed by atoms with Crippen molar-refractivity contribution in [2.45, 2.75) is 101 Å². The fourth-order valence-electron chi connectivity index (χ4n) is 3.30. The third-order valence-electron chi connectivity index (χ3n) is 6.61. The second-order valence-electron chi connectivity index (χ2n) is 9.39. The van der Waals surface area contributed by atoms with Crippen molar-refractivity contribution in [3.05, 3.63) is 71.3 Å². The van der Waals surface area contributed by atoms with Gasteiger partial charge in [-0.15, -0.1) is 0 Å². The van der Waals surface area contributed by atoms with Gasteiger partial charge < -0.3 is 0 Å². The second-order valence-corrected chi connectivity index (χ2v) is 9.39. The molecule has 0 radical (unpaired) electrons. The van der Waals surface area contributed by atoms with E-state index in [0.717, 1.165) is 47.1 Å². The van der Waals surface area contributed by atoms with Crippen LogP contribution in [0.25, 0.3) is 16.7 Å². The molecule has 190 valence electrons. The molecule has 2 heteroatoms. The number of aryl methyl sites for hydroxylation is 2. The summed E-state index contributed by atoms with van der Waals surface area (Å²) in [5.41, 5.74) is 7.45. The first-order chi connectivity index (χ1) is 16.1. The quantitative estimate of drug-likeness (QED) is 0.352. The average molecular weight is 468 g/mol. The number of benzene rings is 1. The van der Waals surface area contributed by atoms with E-state index in [1.165, 1.54) is 36.5 Å². The lowest BCUT2D eigenvalue weighted by Crippen LogP contribution is -1.93. The first-order valence-corrected chi connectivity index (χ1v) is 13.1. The Morgan fingerprint density at radius 3 is 1.91 bits per heavy atom. The summed E-state index contributed by atoms with van der Waals surface area (Å²) < 4.78 is 13.3. The lowest BCUT2D eigenvalue weighted by Gasteiger charge is -2.09. The van der Waals surface area contributed by atoms with Crippen molar-refractivity contribution in [1.29, 1.82) is 0 Å². The fourth-order valence-corrected chi connectivity index (χ4v) is 3.30. The largest absolute Gasteiger partial charge is 0.256 e. The molecule has 1 nitrogen and oxygen atoms in total. The van der Waals surface area contributed by atoms with Gasteiger partial charge in [0.2, 0.25) is 0 Å². The van der Waals surface area contributed by atoms with Crippen LogP contribution >= 0.6 is 0 Å². The number of rotatable bonds is 8. The summed E-state index contributed by atoms with van der Waals surface area (Å²) in [4.78, 5) is 4.56. The van der Waals surface area contributed by atoms with Crippen LogP contribution < -0.4 is 0 Å². The molecular weight excluding hydrogens is 417 g/mol. The highest BCUT2D eigenvalue weighted by Crippen LogP contribution is 2.25. The minimum Gasteiger partial charge on any atom is -0.256 e. The number of aromatic nitrogens is 1. The number of pyridine rings is 1. The summed E-state index contributed by atoms with van der Waals surface area (Å²) in [6.07, 6.45) is 10.1. The van der Waals surface area contributed by atoms with Crippen LogP contribution in [-0.4, -0.2) is 4.98 Å². The molecule has 0 saturated carbocycles. The molecule has 1 unspecified atom stereocenters. The van der Waals surface area contributed by atoms with Crippen molar-refractivity contribution in [3.63, 3.8) is 0 Å². The molecule has 0 N–H and O–H groups in total. The molecular formula is C32H50FN. The van der Waals surface area contributed by atoms with E-state index in [-0.39, 0.29) is 5.82 Å². The van der Waals surface area contributed by atoms with Crippen LogP contribution in [0.15, 0.2) is 48.7 Å². The molecule has 0 aliphatic carbocycles. The van der Waals surface area contributed by atoms with E-state index < -0.39 is 0 Å². The van der Waals surface area contributed by atoms with Gasteiger partial charge in [-0.25, -0.2) is 4.39 Å². The van der Waals surface area contributed by atoms with E-state index in [2.05, 4.69) is 86.0 Å². The Morgan fingerprint density at radius 2 is 1.53 bits per heavy atom. The Balaban J connectivity index is 0.000000643. The van der Waals surface area contributed by atoms with E-state index in [0.29, 0.717) is 5.56 Å². The molecule has 1 aromatic heterocycles. The van der Waals surface area contributed by atoms with E-state index in [1.807, 2.05) is 12.3 Å². The Hall–Kier alpha value is -2.22. The summed E-state index contributed by atoms with van der Waals surface area (Å²) in [5, 5.41) is 0. The van der Waals surface area contributed by atoms with Crippen LogP contribution in [0, 0.1) is 31.5 Å². The van der Waals surface area contributed by atoms with Gasteiger partial charge in [-0.05, 0) is 92.3 Å². The van der Waals surface area contributed by atoms with Gasteiger partial charge in [-0.3, -0.25) is 4.98 Å². The van der Waals surface area contributed by atoms with Crippen molar-refractivity contribution < 1.29 is 4.39 Å². The normalized spacial score (nSPS) is 11.8. The number of nitrogens with zero attached hydrogens (tertiary/aromatic N) is 1. The van der Waals surface area contributed by atoms with Gasteiger partial charge in [0.1, 0.15) is 5.82 Å². The zero-order valence-electron chi connectivity index (χ0n) is 23.7. The van der Waals surface area contributed by atoms with Crippen LogP contribution in [0.5, 0.6) is 0 Å². The van der Waals surface area contributed by atoms with Gasteiger partial charge in [0.15, 0.2) is 0 Å². The van der Waals surface area contributed by atoms with E-state index in [9.17, 15) is 4.39 Å². The smallest absolute Gasteiger partial charge is 0.126 e. The number of halogens is 1. The minimum atomic E-state index is -0.170. The van der Waals surface area contributed by atoms with Gasteiger partial charge >= 0.3 is 0 Å². The van der Waals surface area contributed by atoms with Crippen molar-refractivity contribution in [2.24, 2.45) is 11.8 Å². The fraction of sp³-hybridized carbons (Fsp3) is 0.531. The molecule has 0 fully saturated rings. The zero-order valence-corrected chi connectivity index (χ0v) is 23.7. The third kappa shape index (κ3) is 11.3. The second kappa shape index (κ2) is 17.2. The molecule has 0 saturated heterocycles. The van der Waals surface area contributed by atoms with E-state index in [1.54, 1.807) is 13.0 Å². The molecule has 2 aromatic rings. The first-order valence-electron chi connectivity index (χ1n) is 13.1. The van der Waals surface area contributed by atoms with Gasteiger partial charge in [0.25, 0.3) is 0 Å². The maximum atomic E-state index is 13.3. The van der Waals surface area contributed by atoms with Crippen LogP contribution in [0.3, 0.4) is 0 Å². The number of hydrogen-bond acceptors (Lipinski definition) is 1. The van der Waals surface area contributed by atoms with Gasteiger partial charge in [0, 0.05) is 11.8 Å². The molecule has 1 atom stereocenters. The molecule has 1 heterocycles. The highest BCUT2D eigenvalue weighted by molar-refractivity contribution is 5.69. The van der Waals surface area contributed by atoms with Crippen LogP contribution in [0.4, 0.5) is 4.39 Å². The Bertz CT molecular complexity index is 890. The van der Waals surface area contributed by atoms with Crippen LogP contribution in [-0.2, 0) is 0 Å². The Kier molecular flexibility index (Phi) is 16.1. The van der Waals surface area contributed by atoms with Crippen molar-refractivity contribution in [1.82, 2.24) is 4.98 Å². The molecule has 34 heavy (non-hydrogen) atoms. The van der Waals surface area contributed by atoms with E-state index in [4.69, 9.17) is 0 Å². The first kappa shape index (κ1) is 31.8. The summed E-state index contributed by atoms with van der Waals surface area (Å²) >= 11 is 0. The van der Waals surface area contributed by atoms with Crippen molar-refractivity contribution >= 4 is 5.57 Å². The number of hydrogen-bond donors (Lipinski definition) is 0. The summed E-state index contributed by atoms with van der Waals surface area (Å²) in [5.74, 6) is 1.49. The Morgan fingerprint density at radius 1 is 0.941 bits per heavy atom. The lowest BCUT2D eigenvalue weighted by atomic mass is 9.98. The van der Waals surface area contributed by atoms with Crippen LogP contribution in [0.1, 0.15) is 104 Å².